The van der Waals surface area contributed by atoms with Crippen LogP contribution >= 0.6 is 15.9 Å². The van der Waals surface area contributed by atoms with Crippen LogP contribution in [-0.2, 0) is 4.84 Å². The second-order valence-corrected chi connectivity index (χ2v) is 2.69. The molecule has 2 nitrogen and oxygen atoms in total. The average molecular weight is 202 g/mol. The summed E-state index contributed by atoms with van der Waals surface area (Å²) in [6.07, 6.45) is 0. The smallest absolute Gasteiger partial charge is 0.158 e. The maximum absolute atomic E-state index is 4.96. The van der Waals surface area contributed by atoms with Crippen molar-refractivity contribution < 1.29 is 4.84 Å². The van der Waals surface area contributed by atoms with Crippen LogP contribution in [0.4, 0.5) is 0 Å². The van der Waals surface area contributed by atoms with Crippen molar-refractivity contribution in [1.82, 2.24) is 0 Å². The Bertz CT molecular complexity index is 190. The molecule has 0 spiro atoms. The molecule has 2 N–H and O–H groups in total. The van der Waals surface area contributed by atoms with Crippen molar-refractivity contribution in [2.45, 2.75) is 5.01 Å². The minimum absolute atomic E-state index is 0.200. The van der Waals surface area contributed by atoms with Gasteiger partial charge in [0, 0.05) is 0 Å². The van der Waals surface area contributed by atoms with Crippen molar-refractivity contribution >= 4 is 15.9 Å². The van der Waals surface area contributed by atoms with Crippen molar-refractivity contribution in [3.63, 3.8) is 0 Å². The Morgan fingerprint density at radius 1 is 1.30 bits per heavy atom. The summed E-state index contributed by atoms with van der Waals surface area (Å²) in [4.78, 5) is 4.55. The lowest BCUT2D eigenvalue weighted by Gasteiger charge is -2.04. The van der Waals surface area contributed by atoms with E-state index in [2.05, 4.69) is 20.8 Å². The van der Waals surface area contributed by atoms with Gasteiger partial charge in [0.25, 0.3) is 0 Å². The molecule has 0 radical (unpaired) electrons. The van der Waals surface area contributed by atoms with Gasteiger partial charge >= 0.3 is 0 Å². The van der Waals surface area contributed by atoms with E-state index in [0.717, 1.165) is 5.56 Å². The SMILES string of the molecule is NOC(Br)c1ccccc1. The van der Waals surface area contributed by atoms with Gasteiger partial charge in [0.2, 0.25) is 0 Å². The molecule has 0 amide bonds. The van der Waals surface area contributed by atoms with E-state index in [0.29, 0.717) is 0 Å². The third kappa shape index (κ3) is 1.80. The molecule has 10 heavy (non-hydrogen) atoms. The Hall–Kier alpha value is -0.380. The van der Waals surface area contributed by atoms with E-state index in [1.807, 2.05) is 30.3 Å². The molecule has 1 rings (SSSR count). The first-order valence-corrected chi connectivity index (χ1v) is 3.80. The normalized spacial score (nSPS) is 13.0. The molecule has 0 aliphatic rings. The van der Waals surface area contributed by atoms with E-state index in [-0.39, 0.29) is 5.01 Å². The van der Waals surface area contributed by atoms with Gasteiger partial charge in [-0.3, -0.25) is 4.84 Å². The first kappa shape index (κ1) is 7.72. The van der Waals surface area contributed by atoms with E-state index in [4.69, 9.17) is 5.90 Å². The summed E-state index contributed by atoms with van der Waals surface area (Å²) >= 11 is 3.24. The Balaban J connectivity index is 2.75. The quantitative estimate of drug-likeness (QED) is 0.587. The number of rotatable bonds is 2. The van der Waals surface area contributed by atoms with Gasteiger partial charge in [0.15, 0.2) is 5.01 Å². The molecule has 0 aliphatic heterocycles. The highest BCUT2D eigenvalue weighted by atomic mass is 79.9. The molecule has 3 heteroatoms. The third-order valence-corrected chi connectivity index (χ3v) is 1.93. The molecule has 0 aromatic heterocycles. The van der Waals surface area contributed by atoms with Gasteiger partial charge in [-0.25, -0.2) is 5.90 Å². The summed E-state index contributed by atoms with van der Waals surface area (Å²) in [5.74, 6) is 4.96. The minimum atomic E-state index is -0.200. The molecular weight excluding hydrogens is 194 g/mol. The van der Waals surface area contributed by atoms with Gasteiger partial charge < -0.3 is 0 Å². The Kier molecular flexibility index (Phi) is 2.86. The molecule has 0 saturated carbocycles. The molecule has 0 fully saturated rings. The molecule has 54 valence electrons. The van der Waals surface area contributed by atoms with Crippen molar-refractivity contribution in [3.05, 3.63) is 35.9 Å². The number of benzene rings is 1. The predicted molar refractivity (Wildman–Crippen MR) is 43.4 cm³/mol. The van der Waals surface area contributed by atoms with Crippen molar-refractivity contribution in [1.29, 1.82) is 0 Å². The second-order valence-electron chi connectivity index (χ2n) is 1.86. The Labute approximate surface area is 68.1 Å². The Morgan fingerprint density at radius 2 is 1.90 bits per heavy atom. The zero-order chi connectivity index (χ0) is 7.40. The molecule has 1 aromatic rings. The third-order valence-electron chi connectivity index (χ3n) is 1.18. The van der Waals surface area contributed by atoms with Gasteiger partial charge in [0.1, 0.15) is 0 Å². The van der Waals surface area contributed by atoms with Crippen molar-refractivity contribution in [2.75, 3.05) is 0 Å². The monoisotopic (exact) mass is 201 g/mol. The molecule has 0 aliphatic carbocycles. The predicted octanol–water partition coefficient (Wildman–Crippen LogP) is 1.97. The second kappa shape index (κ2) is 3.71. The van der Waals surface area contributed by atoms with Crippen LogP contribution in [0.5, 0.6) is 0 Å². The van der Waals surface area contributed by atoms with E-state index in [9.17, 15) is 0 Å². The van der Waals surface area contributed by atoms with Gasteiger partial charge in [-0.1, -0.05) is 46.3 Å². The van der Waals surface area contributed by atoms with Gasteiger partial charge in [0.05, 0.1) is 0 Å². The lowest BCUT2D eigenvalue weighted by atomic mass is 10.2. The van der Waals surface area contributed by atoms with E-state index in [1.165, 1.54) is 0 Å². The summed E-state index contributed by atoms with van der Waals surface area (Å²) in [5, 5.41) is -0.200. The van der Waals surface area contributed by atoms with Crippen LogP contribution in [0.2, 0.25) is 0 Å². The van der Waals surface area contributed by atoms with Crippen LogP contribution in [0.3, 0.4) is 0 Å². The Morgan fingerprint density at radius 3 is 2.40 bits per heavy atom. The van der Waals surface area contributed by atoms with Crippen LogP contribution in [-0.4, -0.2) is 0 Å². The molecular formula is C7H8BrNO. The lowest BCUT2D eigenvalue weighted by Crippen LogP contribution is -2.01. The van der Waals surface area contributed by atoms with Crippen LogP contribution in [0.1, 0.15) is 10.6 Å². The van der Waals surface area contributed by atoms with Crippen LogP contribution < -0.4 is 5.90 Å². The summed E-state index contributed by atoms with van der Waals surface area (Å²) in [6, 6.07) is 9.68. The van der Waals surface area contributed by atoms with Crippen LogP contribution in [0.25, 0.3) is 0 Å². The van der Waals surface area contributed by atoms with Gasteiger partial charge in [-0.2, -0.15) is 0 Å². The molecule has 1 unspecified atom stereocenters. The zero-order valence-electron chi connectivity index (χ0n) is 5.33. The fourth-order valence-corrected chi connectivity index (χ4v) is 0.988. The van der Waals surface area contributed by atoms with Gasteiger partial charge in [-0.15, -0.1) is 0 Å². The molecule has 0 heterocycles. The first-order valence-electron chi connectivity index (χ1n) is 2.89. The highest BCUT2D eigenvalue weighted by Gasteiger charge is 2.02. The topological polar surface area (TPSA) is 35.2 Å². The number of alkyl halides is 1. The zero-order valence-corrected chi connectivity index (χ0v) is 6.91. The minimum Gasteiger partial charge on any atom is -0.285 e. The summed E-state index contributed by atoms with van der Waals surface area (Å²) in [5.41, 5.74) is 1.02. The summed E-state index contributed by atoms with van der Waals surface area (Å²) < 4.78 is 0. The number of hydrogen-bond donors (Lipinski definition) is 1. The summed E-state index contributed by atoms with van der Waals surface area (Å²) in [7, 11) is 0. The van der Waals surface area contributed by atoms with Crippen molar-refractivity contribution in [2.24, 2.45) is 5.90 Å². The highest BCUT2D eigenvalue weighted by molar-refractivity contribution is 9.09. The fraction of sp³-hybridized carbons (Fsp3) is 0.143. The van der Waals surface area contributed by atoms with E-state index in [1.54, 1.807) is 0 Å². The number of halogens is 1. The van der Waals surface area contributed by atoms with Crippen LogP contribution in [0.15, 0.2) is 30.3 Å². The fourth-order valence-electron chi connectivity index (χ4n) is 0.683. The lowest BCUT2D eigenvalue weighted by molar-refractivity contribution is 0.121. The maximum Gasteiger partial charge on any atom is 0.158 e. The van der Waals surface area contributed by atoms with Crippen LogP contribution in [0, 0.1) is 0 Å². The largest absolute Gasteiger partial charge is 0.285 e. The van der Waals surface area contributed by atoms with Crippen molar-refractivity contribution in [3.8, 4) is 0 Å². The first-order chi connectivity index (χ1) is 4.84. The molecule has 0 bridgehead atoms. The van der Waals surface area contributed by atoms with E-state index < -0.39 is 0 Å². The maximum atomic E-state index is 4.96. The molecule has 0 saturated heterocycles. The average Bonchev–Trinajstić information content (AvgIpc) is 2.05. The molecule has 1 atom stereocenters. The summed E-state index contributed by atoms with van der Waals surface area (Å²) in [6.45, 7) is 0. The standard InChI is InChI=1S/C7H8BrNO/c8-7(10-9)6-4-2-1-3-5-6/h1-5,7H,9H2. The van der Waals surface area contributed by atoms with Gasteiger partial charge in [-0.05, 0) is 5.56 Å². The molecule has 1 aromatic carbocycles. The van der Waals surface area contributed by atoms with E-state index >= 15 is 0 Å². The number of hydrogen-bond acceptors (Lipinski definition) is 2. The highest BCUT2D eigenvalue weighted by Crippen LogP contribution is 2.20. The number of nitrogens with two attached hydrogens (primary N) is 1.